The van der Waals surface area contributed by atoms with Crippen molar-refractivity contribution in [2.24, 2.45) is 0 Å². The van der Waals surface area contributed by atoms with Crippen molar-refractivity contribution in [3.05, 3.63) is 96.1 Å². The summed E-state index contributed by atoms with van der Waals surface area (Å²) in [6, 6.07) is 7.48. The molecule has 2 aromatic rings. The smallest absolute Gasteiger partial charge is 0.251 e. The summed E-state index contributed by atoms with van der Waals surface area (Å²) in [6.07, 6.45) is 12.3. The number of hydrogen-bond donors (Lipinski definition) is 3. The molecule has 7 heteroatoms. The Kier molecular flexibility index (Phi) is 9.74. The summed E-state index contributed by atoms with van der Waals surface area (Å²) in [5.74, 6) is -0.836. The first kappa shape index (κ1) is 24.4. The van der Waals surface area contributed by atoms with E-state index in [2.05, 4.69) is 22.2 Å². The van der Waals surface area contributed by atoms with Gasteiger partial charge in [-0.3, -0.25) is 14.6 Å². The van der Waals surface area contributed by atoms with Gasteiger partial charge in [0.2, 0.25) is 0 Å². The van der Waals surface area contributed by atoms with Gasteiger partial charge in [-0.1, -0.05) is 30.9 Å². The number of benzene rings is 1. The first-order valence-corrected chi connectivity index (χ1v) is 10.1. The molecule has 0 aliphatic heterocycles. The number of anilines is 2. The second-order valence-corrected chi connectivity index (χ2v) is 6.95. The van der Waals surface area contributed by atoms with Crippen molar-refractivity contribution in [3.63, 3.8) is 0 Å². The van der Waals surface area contributed by atoms with Crippen LogP contribution in [0.2, 0.25) is 0 Å². The SMILES string of the molecule is C=C(/C=C\C/C(=C\C)C(=O)Nc1ccc(F)cc1N)CNCC(=O)/C=C/c1cccnc1. The Labute approximate surface area is 187 Å². The van der Waals surface area contributed by atoms with Gasteiger partial charge in [-0.05, 0) is 60.9 Å². The Hall–Kier alpha value is -3.84. The molecule has 1 amide bonds. The summed E-state index contributed by atoms with van der Waals surface area (Å²) >= 11 is 0. The number of nitrogens with two attached hydrogens (primary N) is 1. The van der Waals surface area contributed by atoms with Gasteiger partial charge in [0, 0.05) is 24.5 Å². The number of nitrogens with one attached hydrogen (secondary N) is 2. The van der Waals surface area contributed by atoms with E-state index in [-0.39, 0.29) is 23.9 Å². The Morgan fingerprint density at radius 1 is 1.22 bits per heavy atom. The van der Waals surface area contributed by atoms with Crippen molar-refractivity contribution >= 4 is 29.1 Å². The van der Waals surface area contributed by atoms with E-state index in [0.29, 0.717) is 24.2 Å². The number of amides is 1. The number of hydrogen-bond acceptors (Lipinski definition) is 5. The monoisotopic (exact) mass is 434 g/mol. The summed E-state index contributed by atoms with van der Waals surface area (Å²) in [6.45, 7) is 6.33. The second kappa shape index (κ2) is 12.8. The zero-order chi connectivity index (χ0) is 23.3. The molecule has 6 nitrogen and oxygen atoms in total. The van der Waals surface area contributed by atoms with E-state index in [1.54, 1.807) is 43.6 Å². The highest BCUT2D eigenvalue weighted by Crippen LogP contribution is 2.20. The molecule has 1 aromatic heterocycles. The van der Waals surface area contributed by atoms with Crippen LogP contribution in [0.15, 0.2) is 84.8 Å². The molecule has 2 rings (SSSR count). The third-order valence-corrected chi connectivity index (χ3v) is 4.39. The van der Waals surface area contributed by atoms with Crippen LogP contribution in [0.1, 0.15) is 18.9 Å². The fourth-order valence-corrected chi connectivity index (χ4v) is 2.67. The predicted octanol–water partition coefficient (Wildman–Crippen LogP) is 4.06. The van der Waals surface area contributed by atoms with Gasteiger partial charge in [0.25, 0.3) is 5.91 Å². The number of pyridine rings is 1. The molecule has 1 aromatic carbocycles. The summed E-state index contributed by atoms with van der Waals surface area (Å²) in [5, 5.41) is 5.72. The van der Waals surface area contributed by atoms with E-state index in [0.717, 1.165) is 17.2 Å². The van der Waals surface area contributed by atoms with Crippen molar-refractivity contribution in [1.82, 2.24) is 10.3 Å². The fourth-order valence-electron chi connectivity index (χ4n) is 2.67. The summed E-state index contributed by atoms with van der Waals surface area (Å²) in [4.78, 5) is 28.3. The third-order valence-electron chi connectivity index (χ3n) is 4.39. The van der Waals surface area contributed by atoms with Gasteiger partial charge in [0.05, 0.1) is 17.9 Å². The zero-order valence-electron chi connectivity index (χ0n) is 18.0. The fraction of sp³-hybridized carbons (Fsp3) is 0.160. The molecule has 0 atom stereocenters. The molecular formula is C25H27FN4O2. The van der Waals surface area contributed by atoms with Gasteiger partial charge >= 0.3 is 0 Å². The van der Waals surface area contributed by atoms with Gasteiger partial charge in [0.15, 0.2) is 5.78 Å². The molecule has 166 valence electrons. The Morgan fingerprint density at radius 3 is 2.72 bits per heavy atom. The number of ketones is 1. The predicted molar refractivity (Wildman–Crippen MR) is 127 cm³/mol. The highest BCUT2D eigenvalue weighted by molar-refractivity contribution is 6.05. The molecule has 1 heterocycles. The van der Waals surface area contributed by atoms with Crippen molar-refractivity contribution < 1.29 is 14.0 Å². The molecule has 0 spiro atoms. The van der Waals surface area contributed by atoms with Gasteiger partial charge in [-0.25, -0.2) is 4.39 Å². The average molecular weight is 435 g/mol. The van der Waals surface area contributed by atoms with Crippen LogP contribution in [0.4, 0.5) is 15.8 Å². The lowest BCUT2D eigenvalue weighted by Gasteiger charge is -2.09. The number of rotatable bonds is 11. The largest absolute Gasteiger partial charge is 0.397 e. The van der Waals surface area contributed by atoms with Gasteiger partial charge in [-0.2, -0.15) is 0 Å². The molecule has 4 N–H and O–H groups in total. The van der Waals surface area contributed by atoms with Crippen molar-refractivity contribution in [2.45, 2.75) is 13.3 Å². The Morgan fingerprint density at radius 2 is 2.03 bits per heavy atom. The van der Waals surface area contributed by atoms with Crippen LogP contribution in [-0.2, 0) is 9.59 Å². The maximum Gasteiger partial charge on any atom is 0.251 e. The highest BCUT2D eigenvalue weighted by atomic mass is 19.1. The van der Waals surface area contributed by atoms with E-state index < -0.39 is 5.82 Å². The number of carbonyl (C=O) groups is 2. The van der Waals surface area contributed by atoms with E-state index in [1.165, 1.54) is 18.2 Å². The maximum absolute atomic E-state index is 13.1. The number of aromatic nitrogens is 1. The van der Waals surface area contributed by atoms with E-state index in [1.807, 2.05) is 12.1 Å². The van der Waals surface area contributed by atoms with Crippen molar-refractivity contribution in [1.29, 1.82) is 0 Å². The molecule has 0 saturated carbocycles. The van der Waals surface area contributed by atoms with Gasteiger partial charge in [0.1, 0.15) is 5.82 Å². The summed E-state index contributed by atoms with van der Waals surface area (Å²) < 4.78 is 13.1. The standard InChI is InChI=1S/C25H27FN4O2/c1-3-20(25(32)30-24-12-10-21(26)14-23(24)27)8-4-6-18(2)15-29-17-22(31)11-9-19-7-5-13-28-16-19/h3-7,9-14,16,29H,2,8,15,17,27H2,1H3,(H,30,32)/b6-4-,11-9+,20-3+. The van der Waals surface area contributed by atoms with Crippen LogP contribution < -0.4 is 16.4 Å². The van der Waals surface area contributed by atoms with Crippen LogP contribution in [0.25, 0.3) is 6.08 Å². The minimum Gasteiger partial charge on any atom is -0.397 e. The molecule has 0 bridgehead atoms. The van der Waals surface area contributed by atoms with Crippen LogP contribution in [0.3, 0.4) is 0 Å². The number of nitrogens with zero attached hydrogens (tertiary/aromatic N) is 1. The molecule has 0 radical (unpaired) electrons. The Balaban J connectivity index is 1.74. The quantitative estimate of drug-likeness (QED) is 0.281. The summed E-state index contributed by atoms with van der Waals surface area (Å²) in [7, 11) is 0. The molecular weight excluding hydrogens is 407 g/mol. The van der Waals surface area contributed by atoms with E-state index in [4.69, 9.17) is 5.73 Å². The van der Waals surface area contributed by atoms with Crippen LogP contribution in [-0.4, -0.2) is 29.8 Å². The minimum atomic E-state index is -0.465. The molecule has 0 fully saturated rings. The first-order valence-electron chi connectivity index (χ1n) is 10.1. The molecule has 0 aliphatic rings. The van der Waals surface area contributed by atoms with E-state index >= 15 is 0 Å². The minimum absolute atomic E-state index is 0.0569. The van der Waals surface area contributed by atoms with E-state index in [9.17, 15) is 14.0 Å². The zero-order valence-corrected chi connectivity index (χ0v) is 18.0. The molecule has 0 unspecified atom stereocenters. The number of halogens is 1. The van der Waals surface area contributed by atoms with Gasteiger partial charge < -0.3 is 16.4 Å². The van der Waals surface area contributed by atoms with Crippen molar-refractivity contribution in [3.8, 4) is 0 Å². The molecule has 0 saturated heterocycles. The number of nitrogen functional groups attached to an aromatic ring is 1. The average Bonchev–Trinajstić information content (AvgIpc) is 2.78. The molecule has 0 aliphatic carbocycles. The van der Waals surface area contributed by atoms with Crippen LogP contribution in [0, 0.1) is 5.82 Å². The first-order chi connectivity index (χ1) is 15.4. The van der Waals surface area contributed by atoms with Gasteiger partial charge in [-0.15, -0.1) is 0 Å². The molecule has 32 heavy (non-hydrogen) atoms. The van der Waals surface area contributed by atoms with Crippen molar-refractivity contribution in [2.75, 3.05) is 24.1 Å². The van der Waals surface area contributed by atoms with Crippen LogP contribution >= 0.6 is 0 Å². The highest BCUT2D eigenvalue weighted by Gasteiger charge is 2.10. The lowest BCUT2D eigenvalue weighted by Crippen LogP contribution is -2.23. The normalized spacial score (nSPS) is 11.8. The number of allylic oxidation sites excluding steroid dienone is 2. The lowest BCUT2D eigenvalue weighted by molar-refractivity contribution is -0.114. The summed E-state index contributed by atoms with van der Waals surface area (Å²) in [5.41, 5.74) is 8.41. The topological polar surface area (TPSA) is 97.1 Å². The third kappa shape index (κ3) is 8.49. The second-order valence-electron chi connectivity index (χ2n) is 6.95. The Bertz CT molecular complexity index is 1040. The maximum atomic E-state index is 13.1. The van der Waals surface area contributed by atoms with Crippen LogP contribution in [0.5, 0.6) is 0 Å². The number of carbonyl (C=O) groups excluding carboxylic acids is 2. The lowest BCUT2D eigenvalue weighted by atomic mass is 10.1.